The average Bonchev–Trinajstić information content (AvgIpc) is 0.775. The van der Waals surface area contributed by atoms with Crippen molar-refractivity contribution in [3.8, 4) is 34.5 Å². The molecule has 0 bridgehead atoms. The summed E-state index contributed by atoms with van der Waals surface area (Å²) in [5, 5.41) is 20.1. The van der Waals surface area contributed by atoms with E-state index in [4.69, 9.17) is 18.9 Å². The Kier molecular flexibility index (Phi) is 23.1. The van der Waals surface area contributed by atoms with Gasteiger partial charge in [-0.15, -0.1) is 0 Å². The fourth-order valence-corrected chi connectivity index (χ4v) is 24.5. The van der Waals surface area contributed by atoms with Gasteiger partial charge in [-0.2, -0.15) is 0 Å². The third kappa shape index (κ3) is 16.8. The standard InChI is InChI=1S/2C19H17OS.C18H14O2S.C18H15OS.C18H14OS/c1-14-10-12-15(13-11-14)21-18-8-4-2-6-16(18)20-17-7-3-5-9-19(17)21;1-20-16-12-14-19(15-13-16)21(17-8-4-2-5-9-17)18-10-6-3-7-11-18;19-13-9-11-14(12-10-13)21-17-7-3-1-5-15(17)20-16-6-2-4-8-18(16)21;1-2-8-14(9-3-1)20-17-12-6-4-10-15(17)19-16-11-5-7-13-18(16)20;19-15-11-13-18(14-12-15)20(16-7-3-1-4-8-16)17-9-5-2-6-10-17/h2-13,16,18H,1H3;2-15H,1H3;1-12,15,17H;1-13,15,17H;1-14H/q2*+1;;+1;/p+2. The molecule has 11 heteroatoms. The Hall–Kier alpha value is -10.4. The molecule has 0 aromatic heterocycles. The van der Waals surface area contributed by atoms with Crippen LogP contribution in [0.5, 0.6) is 34.5 Å². The number of ether oxygens (including phenoxy) is 4. The molecule has 0 spiro atoms. The number of rotatable bonds is 10. The maximum Gasteiger partial charge on any atom is 0.203 e. The monoisotopic (exact) mass is 1440 g/mol. The lowest BCUT2D eigenvalue weighted by Crippen LogP contribution is -2.40. The minimum Gasteiger partial charge on any atom is -0.508 e. The zero-order valence-electron chi connectivity index (χ0n) is 57.1. The summed E-state index contributed by atoms with van der Waals surface area (Å²) in [6.07, 6.45) is 26.3. The molecule has 0 saturated carbocycles. The van der Waals surface area contributed by atoms with Crippen molar-refractivity contribution in [1.82, 2.24) is 0 Å². The Bertz CT molecular complexity index is 4700. The number of para-hydroxylation sites is 3. The third-order valence-corrected chi connectivity index (χ3v) is 29.8. The highest BCUT2D eigenvalue weighted by Gasteiger charge is 2.49. The van der Waals surface area contributed by atoms with E-state index in [0.29, 0.717) is 27.2 Å². The van der Waals surface area contributed by atoms with Crippen LogP contribution in [-0.2, 0) is 54.5 Å². The van der Waals surface area contributed by atoms with Crippen LogP contribution in [0.15, 0.2) is 453 Å². The molecule has 12 aromatic carbocycles. The van der Waals surface area contributed by atoms with E-state index in [1.807, 2.05) is 72.8 Å². The predicted molar refractivity (Wildman–Crippen MR) is 427 cm³/mol. The summed E-state index contributed by atoms with van der Waals surface area (Å²) in [6, 6.07) is 111. The number of fused-ring (bicyclic) bond motifs is 6. The molecular formula is C92H79O6S5+5. The van der Waals surface area contributed by atoms with E-state index >= 15 is 0 Å². The molecule has 0 saturated heterocycles. The molecule has 0 radical (unpaired) electrons. The molecule has 6 nitrogen and oxygen atoms in total. The molecule has 9 atom stereocenters. The number of aryl methyl sites for hydroxylation is 1. The highest BCUT2D eigenvalue weighted by Crippen LogP contribution is 2.46. The lowest BCUT2D eigenvalue weighted by Gasteiger charge is -2.30. The maximum atomic E-state index is 9.54. The topological polar surface area (TPSA) is 77.4 Å². The van der Waals surface area contributed by atoms with Gasteiger partial charge in [-0.1, -0.05) is 182 Å². The second-order valence-electron chi connectivity index (χ2n) is 24.5. The number of benzene rings is 12. The highest BCUT2D eigenvalue weighted by atomic mass is 32.2. The molecule has 2 N–H and O–H groups in total. The van der Waals surface area contributed by atoms with Crippen molar-refractivity contribution < 1.29 is 29.2 Å². The summed E-state index contributed by atoms with van der Waals surface area (Å²) in [5.41, 5.74) is 1.31. The minimum absolute atomic E-state index is 0.0292. The highest BCUT2D eigenvalue weighted by molar-refractivity contribution is 7.99. The van der Waals surface area contributed by atoms with Crippen molar-refractivity contribution in [3.05, 3.63) is 400 Å². The summed E-state index contributed by atoms with van der Waals surface area (Å²) in [6.45, 7) is 2.14. The lowest BCUT2D eigenvalue weighted by atomic mass is 10.1. The first kappa shape index (κ1) is 69.7. The predicted octanol–water partition coefficient (Wildman–Crippen LogP) is 21.2. The van der Waals surface area contributed by atoms with Crippen molar-refractivity contribution in [2.45, 2.75) is 99.7 Å². The van der Waals surface area contributed by atoms with Gasteiger partial charge in [0.1, 0.15) is 17.2 Å². The van der Waals surface area contributed by atoms with E-state index in [1.54, 1.807) is 31.4 Å². The first-order valence-corrected chi connectivity index (χ1v) is 40.7. The van der Waals surface area contributed by atoms with Gasteiger partial charge in [0, 0.05) is 0 Å². The molecule has 12 aromatic rings. The number of aromatic hydroxyl groups is 2. The van der Waals surface area contributed by atoms with E-state index in [-0.39, 0.29) is 72.8 Å². The maximum absolute atomic E-state index is 9.54. The smallest absolute Gasteiger partial charge is 0.203 e. The summed E-state index contributed by atoms with van der Waals surface area (Å²) in [7, 11) is 1.47. The number of allylic oxidation sites excluding steroid dienone is 6. The van der Waals surface area contributed by atoms with Crippen LogP contribution >= 0.6 is 0 Å². The van der Waals surface area contributed by atoms with E-state index < -0.39 is 0 Å². The van der Waals surface area contributed by atoms with Crippen LogP contribution in [-0.4, -0.2) is 51.4 Å². The van der Waals surface area contributed by atoms with Crippen LogP contribution in [0.3, 0.4) is 0 Å². The van der Waals surface area contributed by atoms with Gasteiger partial charge in [0.15, 0.2) is 95.4 Å². The molecule has 6 aliphatic rings. The molecule has 3 aliphatic carbocycles. The number of hydrogen-bond donors (Lipinski definition) is 2. The van der Waals surface area contributed by atoms with E-state index in [9.17, 15) is 10.2 Å². The number of phenols is 2. The fourth-order valence-electron chi connectivity index (χ4n) is 12.8. The minimum atomic E-state index is -0.134. The Labute approximate surface area is 620 Å². The molecule has 0 fully saturated rings. The van der Waals surface area contributed by atoms with Crippen molar-refractivity contribution in [1.29, 1.82) is 0 Å². The van der Waals surface area contributed by atoms with Gasteiger partial charge in [0.25, 0.3) is 0 Å². The molecule has 9 unspecified atom stereocenters. The Morgan fingerprint density at radius 2 is 0.544 bits per heavy atom. The molecular weight excluding hydrogens is 1360 g/mol. The van der Waals surface area contributed by atoms with Gasteiger partial charge < -0.3 is 29.2 Å². The molecule has 103 heavy (non-hydrogen) atoms. The molecule has 3 aliphatic heterocycles. The molecule has 18 rings (SSSR count). The van der Waals surface area contributed by atoms with Crippen LogP contribution < -0.4 is 18.9 Å². The zero-order chi connectivity index (χ0) is 70.1. The molecule has 3 heterocycles. The van der Waals surface area contributed by atoms with Crippen LogP contribution in [0.25, 0.3) is 0 Å². The first-order valence-electron chi connectivity index (χ1n) is 34.4. The lowest BCUT2D eigenvalue weighted by molar-refractivity contribution is 0.242. The van der Waals surface area contributed by atoms with Gasteiger partial charge >= 0.3 is 0 Å². The van der Waals surface area contributed by atoms with Gasteiger partial charge in [-0.05, 0) is 225 Å². The molecule has 508 valence electrons. The zero-order valence-corrected chi connectivity index (χ0v) is 61.1. The number of phenolic OH excluding ortho intramolecular Hbond substituents is 2. The van der Waals surface area contributed by atoms with E-state index in [0.717, 1.165) is 23.0 Å². The Morgan fingerprint density at radius 3 is 0.883 bits per heavy atom. The van der Waals surface area contributed by atoms with Crippen molar-refractivity contribution in [3.63, 3.8) is 0 Å². The van der Waals surface area contributed by atoms with Gasteiger partial charge in [0.05, 0.1) is 61.6 Å². The van der Waals surface area contributed by atoms with Crippen molar-refractivity contribution >= 4 is 54.5 Å². The second kappa shape index (κ2) is 34.1. The Balaban J connectivity index is 0.000000109. The quantitative estimate of drug-likeness (QED) is 0.133. The molecule has 0 amide bonds. The van der Waals surface area contributed by atoms with Crippen LogP contribution in [0.2, 0.25) is 0 Å². The summed E-state index contributed by atoms with van der Waals surface area (Å²) < 4.78 is 23.7. The summed E-state index contributed by atoms with van der Waals surface area (Å²) in [4.78, 5) is 15.6. The van der Waals surface area contributed by atoms with Crippen LogP contribution in [0.4, 0.5) is 0 Å². The second-order valence-corrected chi connectivity index (χ2v) is 34.9. The number of methoxy groups -OCH3 is 1. The summed E-state index contributed by atoms with van der Waals surface area (Å²) in [5.74, 6) is 4.53. The van der Waals surface area contributed by atoms with Gasteiger partial charge in [-0.3, -0.25) is 0 Å². The number of hydrogen-bond acceptors (Lipinski definition) is 6. The summed E-state index contributed by atoms with van der Waals surface area (Å²) >= 11 is 0. The average molecular weight is 1440 g/mol. The normalized spacial score (nSPS) is 19.9. The van der Waals surface area contributed by atoms with Gasteiger partial charge in [0.2, 0.25) is 14.7 Å². The fraction of sp³-hybridized carbons (Fsp3) is 0.0870. The first-order chi connectivity index (χ1) is 50.8. The van der Waals surface area contributed by atoms with E-state index in [2.05, 4.69) is 304 Å². The van der Waals surface area contributed by atoms with Crippen molar-refractivity contribution in [2.75, 3.05) is 7.11 Å². The van der Waals surface area contributed by atoms with Gasteiger partial charge in [-0.25, -0.2) is 0 Å². The largest absolute Gasteiger partial charge is 0.508 e. The van der Waals surface area contributed by atoms with Crippen LogP contribution in [0.1, 0.15) is 5.56 Å². The van der Waals surface area contributed by atoms with E-state index in [1.165, 1.54) is 64.3 Å². The van der Waals surface area contributed by atoms with Crippen LogP contribution in [0, 0.1) is 6.92 Å². The Morgan fingerprint density at radius 1 is 0.282 bits per heavy atom. The third-order valence-electron chi connectivity index (χ3n) is 17.6. The van der Waals surface area contributed by atoms with Crippen molar-refractivity contribution in [2.24, 2.45) is 0 Å². The SMILES string of the molecule is C1=CC2Oc3ccccc3[S+](c3ccccc3)C2C=C1.COc1ccc([S+](c2ccccc2)c2ccccc2)cc1.Cc1ccc([S+]2c3ccccc3OC3C=CC=CC32)cc1.Oc1ccc([S+](c2ccccc2)c2ccccc2)cc1.Oc1ccc([S+]2c3ccccc3OC3C=CC=CC32)cc1.